The van der Waals surface area contributed by atoms with Crippen LogP contribution in [0.15, 0.2) is 72.2 Å². The van der Waals surface area contributed by atoms with Crippen molar-refractivity contribution in [3.8, 4) is 0 Å². The minimum atomic E-state index is -4.66. The van der Waals surface area contributed by atoms with E-state index in [2.05, 4.69) is 42.1 Å². The lowest BCUT2D eigenvalue weighted by Gasteiger charge is -2.35. The number of halogens is 6. The Morgan fingerprint density at radius 1 is 0.816 bits per heavy atom. The summed E-state index contributed by atoms with van der Waals surface area (Å²) in [4.78, 5) is 31.1. The predicted molar refractivity (Wildman–Crippen MR) is 173 cm³/mol. The Bertz CT molecular complexity index is 1690. The maximum Gasteiger partial charge on any atom is 0.451 e. The van der Waals surface area contributed by atoms with Crippen LogP contribution in [-0.4, -0.2) is 64.8 Å². The Balaban J connectivity index is 0.000000170. The number of hydrogen-bond donors (Lipinski definition) is 6. The number of carbonyl (C=O) groups excluding carboxylic acids is 2. The zero-order valence-corrected chi connectivity index (χ0v) is 26.8. The number of anilines is 2. The molecule has 4 aliphatic rings. The number of rotatable bonds is 9. The summed E-state index contributed by atoms with van der Waals surface area (Å²) in [5, 5.41) is 11.8. The van der Waals surface area contributed by atoms with Gasteiger partial charge in [0.15, 0.2) is 5.54 Å². The molecule has 3 aromatic rings. The average molecular weight is 705 g/mol. The summed E-state index contributed by atoms with van der Waals surface area (Å²) in [5.41, 5.74) is 5.34. The van der Waals surface area contributed by atoms with Gasteiger partial charge in [-0.2, -0.15) is 13.2 Å². The molecule has 49 heavy (non-hydrogen) atoms. The Morgan fingerprint density at radius 2 is 1.31 bits per heavy atom. The molecule has 1 saturated carbocycles. The zero-order chi connectivity index (χ0) is 34.9. The number of nitrogens with zero attached hydrogens (tertiary/aromatic N) is 2. The van der Waals surface area contributed by atoms with Crippen LogP contribution in [0.1, 0.15) is 40.2 Å². The van der Waals surface area contributed by atoms with E-state index in [1.807, 2.05) is 24.3 Å². The zero-order valence-electron chi connectivity index (χ0n) is 26.1. The summed E-state index contributed by atoms with van der Waals surface area (Å²) in [6.07, 6.45) is 1.20. The van der Waals surface area contributed by atoms with Crippen molar-refractivity contribution in [3.05, 3.63) is 94.7 Å². The highest BCUT2D eigenvalue weighted by Gasteiger charge is 2.55. The molecule has 260 valence electrons. The van der Waals surface area contributed by atoms with E-state index in [0.717, 1.165) is 36.4 Å². The number of benzene rings is 2. The van der Waals surface area contributed by atoms with Gasteiger partial charge in [-0.05, 0) is 54.2 Å². The van der Waals surface area contributed by atoms with Crippen molar-refractivity contribution in [2.75, 3.05) is 36.8 Å². The van der Waals surface area contributed by atoms with E-state index in [-0.39, 0.29) is 23.8 Å². The number of carbonyl (C=O) groups is 2. The second-order valence-corrected chi connectivity index (χ2v) is 13.2. The topological polar surface area (TPSA) is 132 Å². The molecule has 1 aliphatic carbocycles. The molecular formula is C33H34ClF5N8O2. The molecule has 1 aromatic heterocycles. The Hall–Kier alpha value is -4.18. The molecule has 3 aliphatic heterocycles. The first-order chi connectivity index (χ1) is 23.3. The molecule has 0 radical (unpaired) electrons. The molecule has 3 fully saturated rings. The van der Waals surface area contributed by atoms with Gasteiger partial charge in [-0.15, -0.1) is 0 Å². The van der Waals surface area contributed by atoms with Crippen molar-refractivity contribution >= 4 is 34.8 Å². The second kappa shape index (κ2) is 13.6. The molecule has 2 aromatic carbocycles. The van der Waals surface area contributed by atoms with Crippen LogP contribution in [0.2, 0.25) is 0 Å². The highest BCUT2D eigenvalue weighted by Crippen LogP contribution is 2.46. The summed E-state index contributed by atoms with van der Waals surface area (Å²) in [5.74, 6) is -1.91. The van der Waals surface area contributed by atoms with Gasteiger partial charge in [-0.1, -0.05) is 35.9 Å². The standard InChI is InChI=1S/C17H20ClFN4O.C16H14F4N4O/c18-14-8-21-23-17(14,12-3-4-12)15(24)22-13-5-1-11(2-6-13)7-16(19)9-20-10-16;17-15(8-21-9-15)5-10-1-3-12(4-2-10)24-13(25)11-6-22-14(23-7-11)16(18,19)20/h1-2,5-6,8,12,20-21,23H,3-4,7,9-10H2,(H,22,24);1-4,6-7,21H,5,8-9H2,(H,24,25). The highest BCUT2D eigenvalue weighted by molar-refractivity contribution is 6.34. The van der Waals surface area contributed by atoms with Crippen LogP contribution < -0.4 is 32.1 Å². The molecule has 7 rings (SSSR count). The number of aromatic nitrogens is 2. The van der Waals surface area contributed by atoms with Crippen molar-refractivity contribution < 1.29 is 31.5 Å². The molecule has 2 amide bonds. The van der Waals surface area contributed by atoms with Gasteiger partial charge in [0.25, 0.3) is 11.8 Å². The number of alkyl halides is 5. The SMILES string of the molecule is O=C(Nc1ccc(CC2(F)CNC2)cc1)C1(C2CC2)NNC=C1Cl.O=C(Nc1ccc(CC2(F)CNC2)cc1)c1cnc(C(F)(F)F)nc1. The first-order valence-electron chi connectivity index (χ1n) is 15.7. The van der Waals surface area contributed by atoms with E-state index < -0.39 is 34.8 Å². The van der Waals surface area contributed by atoms with E-state index in [9.17, 15) is 31.5 Å². The molecular weight excluding hydrogens is 671 g/mol. The Morgan fingerprint density at radius 3 is 1.69 bits per heavy atom. The molecule has 4 heterocycles. The summed E-state index contributed by atoms with van der Waals surface area (Å²) in [6, 6.07) is 13.9. The molecule has 1 atom stereocenters. The van der Waals surface area contributed by atoms with Gasteiger partial charge in [-0.3, -0.25) is 9.59 Å². The number of nitrogens with one attached hydrogen (secondary N) is 6. The van der Waals surface area contributed by atoms with Crippen LogP contribution in [0, 0.1) is 5.92 Å². The Labute approximate surface area is 283 Å². The van der Waals surface area contributed by atoms with Gasteiger partial charge in [0.1, 0.15) is 11.3 Å². The normalized spacial score (nSPS) is 21.9. The largest absolute Gasteiger partial charge is 0.451 e. The van der Waals surface area contributed by atoms with E-state index in [0.29, 0.717) is 49.0 Å². The van der Waals surface area contributed by atoms with E-state index in [1.165, 1.54) is 0 Å². The Kier molecular flexibility index (Phi) is 9.63. The van der Waals surface area contributed by atoms with E-state index >= 15 is 0 Å². The van der Waals surface area contributed by atoms with Crippen molar-refractivity contribution in [1.82, 2.24) is 31.5 Å². The van der Waals surface area contributed by atoms with Gasteiger partial charge in [0, 0.05) is 69.0 Å². The molecule has 0 bridgehead atoms. The fraction of sp³-hybridized carbons (Fsp3) is 0.394. The number of hydrazine groups is 1. The fourth-order valence-corrected chi connectivity index (χ4v) is 6.10. The minimum absolute atomic E-state index is 0.0969. The molecule has 16 heteroatoms. The minimum Gasteiger partial charge on any atom is -0.326 e. The molecule has 6 N–H and O–H groups in total. The number of amides is 2. The van der Waals surface area contributed by atoms with Gasteiger partial charge in [0.2, 0.25) is 5.82 Å². The highest BCUT2D eigenvalue weighted by atomic mass is 35.5. The third-order valence-corrected chi connectivity index (χ3v) is 9.20. The smallest absolute Gasteiger partial charge is 0.326 e. The fourth-order valence-electron chi connectivity index (χ4n) is 5.76. The van der Waals surface area contributed by atoms with Crippen LogP contribution in [0.3, 0.4) is 0 Å². The van der Waals surface area contributed by atoms with Gasteiger partial charge >= 0.3 is 6.18 Å². The lowest BCUT2D eigenvalue weighted by molar-refractivity contribution is -0.145. The maximum absolute atomic E-state index is 14.1. The molecule has 2 saturated heterocycles. The third-order valence-electron chi connectivity index (χ3n) is 8.79. The van der Waals surface area contributed by atoms with E-state index in [4.69, 9.17) is 11.6 Å². The first kappa shape index (κ1) is 34.7. The lowest BCUT2D eigenvalue weighted by atomic mass is 9.91. The van der Waals surface area contributed by atoms with Gasteiger partial charge in [0.05, 0.1) is 10.6 Å². The van der Waals surface area contributed by atoms with Crippen LogP contribution in [0.5, 0.6) is 0 Å². The second-order valence-electron chi connectivity index (χ2n) is 12.8. The maximum atomic E-state index is 14.1. The van der Waals surface area contributed by atoms with E-state index in [1.54, 1.807) is 30.5 Å². The average Bonchev–Trinajstić information content (AvgIpc) is 3.82. The monoisotopic (exact) mass is 704 g/mol. The lowest BCUT2D eigenvalue weighted by Crippen LogP contribution is -2.57. The van der Waals surface area contributed by atoms with Gasteiger partial charge < -0.3 is 26.7 Å². The molecule has 0 spiro atoms. The van der Waals surface area contributed by atoms with Crippen LogP contribution in [0.4, 0.5) is 33.3 Å². The van der Waals surface area contributed by atoms with Crippen molar-refractivity contribution in [3.63, 3.8) is 0 Å². The summed E-state index contributed by atoms with van der Waals surface area (Å²) < 4.78 is 65.3. The number of hydrogen-bond acceptors (Lipinski definition) is 8. The van der Waals surface area contributed by atoms with Gasteiger partial charge in [-0.25, -0.2) is 24.2 Å². The summed E-state index contributed by atoms with van der Waals surface area (Å²) in [7, 11) is 0. The van der Waals surface area contributed by atoms with Crippen molar-refractivity contribution in [2.24, 2.45) is 5.92 Å². The van der Waals surface area contributed by atoms with Crippen LogP contribution in [-0.2, 0) is 23.8 Å². The summed E-state index contributed by atoms with van der Waals surface area (Å²) >= 11 is 6.28. The van der Waals surface area contributed by atoms with Crippen LogP contribution >= 0.6 is 11.6 Å². The first-order valence-corrected chi connectivity index (χ1v) is 16.0. The van der Waals surface area contributed by atoms with Crippen LogP contribution in [0.25, 0.3) is 0 Å². The third kappa shape index (κ3) is 8.01. The molecule has 10 nitrogen and oxygen atoms in total. The molecule has 1 unspecified atom stereocenters. The predicted octanol–water partition coefficient (Wildman–Crippen LogP) is 4.42. The summed E-state index contributed by atoms with van der Waals surface area (Å²) in [6.45, 7) is 1.44. The van der Waals surface area contributed by atoms with Crippen molar-refractivity contribution in [1.29, 1.82) is 0 Å². The van der Waals surface area contributed by atoms with Crippen molar-refractivity contribution in [2.45, 2.75) is 48.7 Å². The quantitative estimate of drug-likeness (QED) is 0.181.